The fourth-order valence-electron chi connectivity index (χ4n) is 2.10. The molecule has 1 aliphatic heterocycles. The van der Waals surface area contributed by atoms with Crippen LogP contribution in [0.15, 0.2) is 17.0 Å². The van der Waals surface area contributed by atoms with E-state index < -0.39 is 16.1 Å². The zero-order valence-corrected chi connectivity index (χ0v) is 11.7. The summed E-state index contributed by atoms with van der Waals surface area (Å²) in [6.45, 7) is 3.87. The third kappa shape index (κ3) is 2.87. The van der Waals surface area contributed by atoms with Gasteiger partial charge in [-0.05, 0) is 37.1 Å². The number of hydrogen-bond donors (Lipinski definition) is 3. The first-order valence-electron chi connectivity index (χ1n) is 5.95. The van der Waals surface area contributed by atoms with Crippen molar-refractivity contribution in [3.05, 3.63) is 23.3 Å². The SMILES string of the molecule is Cc1cc(N)cc(S(=O)(=O)NC2CNC(=O)C2)c1C. The summed E-state index contributed by atoms with van der Waals surface area (Å²) in [7, 11) is -3.67. The molecular weight excluding hydrogens is 266 g/mol. The van der Waals surface area contributed by atoms with Crippen LogP contribution in [0.25, 0.3) is 0 Å². The van der Waals surface area contributed by atoms with Gasteiger partial charge in [-0.15, -0.1) is 0 Å². The molecule has 0 saturated carbocycles. The number of nitrogens with one attached hydrogen (secondary N) is 2. The Balaban J connectivity index is 2.32. The van der Waals surface area contributed by atoms with Crippen molar-refractivity contribution in [2.24, 2.45) is 0 Å². The molecule has 0 aliphatic carbocycles. The van der Waals surface area contributed by atoms with E-state index in [1.54, 1.807) is 13.0 Å². The zero-order valence-electron chi connectivity index (χ0n) is 10.9. The molecule has 0 spiro atoms. The van der Waals surface area contributed by atoms with Crippen LogP contribution in [0, 0.1) is 13.8 Å². The summed E-state index contributed by atoms with van der Waals surface area (Å²) in [6.07, 6.45) is 0.166. The topological polar surface area (TPSA) is 101 Å². The Morgan fingerprint density at radius 3 is 2.63 bits per heavy atom. The van der Waals surface area contributed by atoms with Gasteiger partial charge in [0.15, 0.2) is 0 Å². The number of nitrogen functional groups attached to an aromatic ring is 1. The highest BCUT2D eigenvalue weighted by Gasteiger charge is 2.28. The first kappa shape index (κ1) is 13.8. The van der Waals surface area contributed by atoms with Gasteiger partial charge in [-0.2, -0.15) is 0 Å². The van der Waals surface area contributed by atoms with Crippen molar-refractivity contribution in [2.45, 2.75) is 31.2 Å². The van der Waals surface area contributed by atoms with Crippen molar-refractivity contribution >= 4 is 21.6 Å². The first-order valence-corrected chi connectivity index (χ1v) is 7.43. The molecule has 1 amide bonds. The maximum atomic E-state index is 12.3. The van der Waals surface area contributed by atoms with Crippen molar-refractivity contribution in [1.29, 1.82) is 0 Å². The lowest BCUT2D eigenvalue weighted by Crippen LogP contribution is -2.36. The lowest BCUT2D eigenvalue weighted by atomic mass is 10.1. The van der Waals surface area contributed by atoms with E-state index in [-0.39, 0.29) is 17.2 Å². The summed E-state index contributed by atoms with van der Waals surface area (Å²) < 4.78 is 27.2. The van der Waals surface area contributed by atoms with Gasteiger partial charge in [-0.25, -0.2) is 13.1 Å². The molecule has 1 heterocycles. The number of carbonyl (C=O) groups is 1. The molecular formula is C12H17N3O3S. The number of anilines is 1. The number of amides is 1. The van der Waals surface area contributed by atoms with Crippen molar-refractivity contribution < 1.29 is 13.2 Å². The Morgan fingerprint density at radius 2 is 2.05 bits per heavy atom. The van der Waals surface area contributed by atoms with Crippen LogP contribution in [-0.2, 0) is 14.8 Å². The maximum absolute atomic E-state index is 12.3. The van der Waals surface area contributed by atoms with Gasteiger partial charge in [0, 0.05) is 24.7 Å². The summed E-state index contributed by atoms with van der Waals surface area (Å²) in [6, 6.07) is 2.77. The number of sulfonamides is 1. The molecule has 1 saturated heterocycles. The Kier molecular flexibility index (Phi) is 3.51. The highest BCUT2D eigenvalue weighted by molar-refractivity contribution is 7.89. The number of benzene rings is 1. The van der Waals surface area contributed by atoms with Gasteiger partial charge < -0.3 is 11.1 Å². The second kappa shape index (κ2) is 4.82. The monoisotopic (exact) mass is 283 g/mol. The lowest BCUT2D eigenvalue weighted by molar-refractivity contribution is -0.119. The van der Waals surface area contributed by atoms with Gasteiger partial charge in [-0.1, -0.05) is 0 Å². The fraction of sp³-hybridized carbons (Fsp3) is 0.417. The molecule has 1 aromatic rings. The summed E-state index contributed by atoms with van der Waals surface area (Å²) in [5, 5.41) is 2.59. The van der Waals surface area contributed by atoms with E-state index in [1.807, 2.05) is 6.92 Å². The minimum atomic E-state index is -3.67. The minimum Gasteiger partial charge on any atom is -0.399 e. The van der Waals surface area contributed by atoms with Crippen molar-refractivity contribution in [3.8, 4) is 0 Å². The Bertz CT molecular complexity index is 625. The van der Waals surface area contributed by atoms with Gasteiger partial charge in [-0.3, -0.25) is 4.79 Å². The molecule has 1 atom stereocenters. The standard InChI is InChI=1S/C12H17N3O3S/c1-7-3-9(13)4-11(8(7)2)19(17,18)15-10-5-12(16)14-6-10/h3-4,10,15H,5-6,13H2,1-2H3,(H,14,16). The number of hydrogen-bond acceptors (Lipinski definition) is 4. The molecule has 0 radical (unpaired) electrons. The third-order valence-corrected chi connectivity index (χ3v) is 4.88. The van der Waals surface area contributed by atoms with E-state index >= 15 is 0 Å². The predicted octanol–water partition coefficient (Wildman–Crippen LogP) is 0.0524. The highest BCUT2D eigenvalue weighted by Crippen LogP contribution is 2.22. The Labute approximate surface area is 112 Å². The summed E-state index contributed by atoms with van der Waals surface area (Å²) in [5.41, 5.74) is 7.59. The van der Waals surface area contributed by atoms with Gasteiger partial charge in [0.05, 0.1) is 4.90 Å². The number of aryl methyl sites for hydroxylation is 1. The second-order valence-corrected chi connectivity index (χ2v) is 6.47. The van der Waals surface area contributed by atoms with Crippen molar-refractivity contribution in [2.75, 3.05) is 12.3 Å². The molecule has 1 fully saturated rings. The number of rotatable bonds is 3. The predicted molar refractivity (Wildman–Crippen MR) is 72.1 cm³/mol. The van der Waals surface area contributed by atoms with Gasteiger partial charge in [0.1, 0.15) is 0 Å². The van der Waals surface area contributed by atoms with Gasteiger partial charge in [0.2, 0.25) is 15.9 Å². The molecule has 19 heavy (non-hydrogen) atoms. The van der Waals surface area contributed by atoms with Crippen LogP contribution in [0.2, 0.25) is 0 Å². The molecule has 0 bridgehead atoms. The normalized spacial score (nSPS) is 19.5. The maximum Gasteiger partial charge on any atom is 0.241 e. The van der Waals surface area contributed by atoms with Crippen LogP contribution < -0.4 is 15.8 Å². The van der Waals surface area contributed by atoms with Crippen LogP contribution >= 0.6 is 0 Å². The largest absolute Gasteiger partial charge is 0.399 e. The molecule has 2 rings (SSSR count). The molecule has 1 unspecified atom stereocenters. The molecule has 1 aliphatic rings. The first-order chi connectivity index (χ1) is 8.79. The number of carbonyl (C=O) groups excluding carboxylic acids is 1. The van der Waals surface area contributed by atoms with Crippen LogP contribution in [-0.4, -0.2) is 26.9 Å². The van der Waals surface area contributed by atoms with E-state index in [1.165, 1.54) is 6.07 Å². The van der Waals surface area contributed by atoms with Gasteiger partial charge in [0.25, 0.3) is 0 Å². The summed E-state index contributed by atoms with van der Waals surface area (Å²) >= 11 is 0. The van der Waals surface area contributed by atoms with Crippen molar-refractivity contribution in [1.82, 2.24) is 10.0 Å². The fourth-order valence-corrected chi connectivity index (χ4v) is 3.69. The van der Waals surface area contributed by atoms with E-state index in [9.17, 15) is 13.2 Å². The zero-order chi connectivity index (χ0) is 14.2. The summed E-state index contributed by atoms with van der Waals surface area (Å²) in [4.78, 5) is 11.3. The molecule has 4 N–H and O–H groups in total. The van der Waals surface area contributed by atoms with Crippen LogP contribution in [0.4, 0.5) is 5.69 Å². The average Bonchev–Trinajstić information content (AvgIpc) is 2.68. The quantitative estimate of drug-likeness (QED) is 0.682. The van der Waals surface area contributed by atoms with E-state index in [0.29, 0.717) is 17.8 Å². The number of nitrogens with two attached hydrogens (primary N) is 1. The Morgan fingerprint density at radius 1 is 1.37 bits per heavy atom. The minimum absolute atomic E-state index is 0.145. The van der Waals surface area contributed by atoms with Crippen LogP contribution in [0.3, 0.4) is 0 Å². The smallest absolute Gasteiger partial charge is 0.241 e. The van der Waals surface area contributed by atoms with Gasteiger partial charge >= 0.3 is 0 Å². The lowest BCUT2D eigenvalue weighted by Gasteiger charge is -2.15. The molecule has 6 nitrogen and oxygen atoms in total. The van der Waals surface area contributed by atoms with E-state index in [4.69, 9.17) is 5.73 Å². The highest BCUT2D eigenvalue weighted by atomic mass is 32.2. The molecule has 104 valence electrons. The second-order valence-electron chi connectivity index (χ2n) is 4.79. The molecule has 0 aromatic heterocycles. The summed E-state index contributed by atoms with van der Waals surface area (Å²) in [5.74, 6) is -0.145. The third-order valence-electron chi connectivity index (χ3n) is 3.23. The van der Waals surface area contributed by atoms with Crippen LogP contribution in [0.5, 0.6) is 0 Å². The Hall–Kier alpha value is -1.60. The van der Waals surface area contributed by atoms with E-state index in [2.05, 4.69) is 10.0 Å². The molecule has 1 aromatic carbocycles. The average molecular weight is 283 g/mol. The molecule has 7 heteroatoms. The van der Waals surface area contributed by atoms with Crippen LogP contribution in [0.1, 0.15) is 17.5 Å². The van der Waals surface area contributed by atoms with E-state index in [0.717, 1.165) is 5.56 Å². The van der Waals surface area contributed by atoms with Crippen molar-refractivity contribution in [3.63, 3.8) is 0 Å².